The van der Waals surface area contributed by atoms with Crippen LogP contribution >= 0.6 is 0 Å². The van der Waals surface area contributed by atoms with Crippen molar-refractivity contribution in [1.82, 2.24) is 0 Å². The average Bonchev–Trinajstić information content (AvgIpc) is 3.13. The minimum Gasteiger partial charge on any atom is -0.493 e. The van der Waals surface area contributed by atoms with Crippen LogP contribution in [0.3, 0.4) is 0 Å². The zero-order chi connectivity index (χ0) is 22.8. The van der Waals surface area contributed by atoms with Crippen LogP contribution in [-0.2, 0) is 17.8 Å². The molecule has 6 heteroatoms. The summed E-state index contributed by atoms with van der Waals surface area (Å²) in [5.41, 5.74) is 2.76. The molecule has 0 aliphatic carbocycles. The third-order valence-corrected chi connectivity index (χ3v) is 5.78. The van der Waals surface area contributed by atoms with E-state index < -0.39 is 5.97 Å². The molecule has 6 nitrogen and oxygen atoms in total. The summed E-state index contributed by atoms with van der Waals surface area (Å²) in [6.07, 6.45) is 0.720. The normalized spacial score (nSPS) is 13.8. The van der Waals surface area contributed by atoms with Crippen LogP contribution in [0.5, 0.6) is 11.5 Å². The molecule has 0 saturated heterocycles. The van der Waals surface area contributed by atoms with Gasteiger partial charge in [-0.1, -0.05) is 43.3 Å². The van der Waals surface area contributed by atoms with Crippen molar-refractivity contribution in [2.45, 2.75) is 46.3 Å². The number of amides is 1. The van der Waals surface area contributed by atoms with Gasteiger partial charge in [0.25, 0.3) is 5.91 Å². The van der Waals surface area contributed by atoms with Gasteiger partial charge < -0.3 is 19.5 Å². The topological polar surface area (TPSA) is 76.1 Å². The van der Waals surface area contributed by atoms with Crippen LogP contribution in [0.1, 0.15) is 48.7 Å². The maximum Gasteiger partial charge on any atom is 0.307 e. The van der Waals surface area contributed by atoms with Gasteiger partial charge in [0.2, 0.25) is 0 Å². The summed E-state index contributed by atoms with van der Waals surface area (Å²) in [4.78, 5) is 26.3. The third-order valence-electron chi connectivity index (χ3n) is 5.78. The second-order valence-corrected chi connectivity index (χ2v) is 7.96. The molecule has 166 valence electrons. The lowest BCUT2D eigenvalue weighted by molar-refractivity contribution is -0.136. The molecule has 1 aliphatic rings. The fourth-order valence-corrected chi connectivity index (χ4v) is 4.06. The number of fused-ring (bicyclic) bond motifs is 2. The SMILES string of the molecule is CCOc1c2c(c(OC(C)CC)c3ccccc13)C(=O)N(c1ccc(CC(=O)O)cc1)C2. The quantitative estimate of drug-likeness (QED) is 0.528. The number of carbonyl (C=O) groups excluding carboxylic acids is 1. The second-order valence-electron chi connectivity index (χ2n) is 7.96. The van der Waals surface area contributed by atoms with E-state index in [1.807, 2.05) is 38.1 Å². The number of nitrogens with zero attached hydrogens (tertiary/aromatic N) is 1. The lowest BCUT2D eigenvalue weighted by Gasteiger charge is -2.20. The molecule has 0 fully saturated rings. The van der Waals surface area contributed by atoms with Gasteiger partial charge in [-0.25, -0.2) is 0 Å². The Kier molecular flexibility index (Phi) is 6.04. The molecule has 32 heavy (non-hydrogen) atoms. The number of rotatable bonds is 8. The summed E-state index contributed by atoms with van der Waals surface area (Å²) in [5.74, 6) is 0.287. The van der Waals surface area contributed by atoms with Crippen molar-refractivity contribution < 1.29 is 24.2 Å². The van der Waals surface area contributed by atoms with Gasteiger partial charge >= 0.3 is 5.97 Å². The Morgan fingerprint density at radius 1 is 1.06 bits per heavy atom. The van der Waals surface area contributed by atoms with Crippen LogP contribution in [0.2, 0.25) is 0 Å². The van der Waals surface area contributed by atoms with Crippen molar-refractivity contribution in [3.8, 4) is 11.5 Å². The van der Waals surface area contributed by atoms with Gasteiger partial charge in [0.05, 0.1) is 31.2 Å². The fourth-order valence-electron chi connectivity index (χ4n) is 4.06. The molecule has 1 N–H and O–H groups in total. The Bertz CT molecular complexity index is 1170. The van der Waals surface area contributed by atoms with Crippen molar-refractivity contribution in [3.05, 3.63) is 65.2 Å². The maximum atomic E-state index is 13.6. The average molecular weight is 434 g/mol. The summed E-state index contributed by atoms with van der Waals surface area (Å²) in [6.45, 7) is 6.83. The Morgan fingerprint density at radius 3 is 2.31 bits per heavy atom. The number of carboxylic acid groups (broad SMARTS) is 1. The van der Waals surface area contributed by atoms with E-state index in [4.69, 9.17) is 14.6 Å². The molecule has 1 heterocycles. The highest BCUT2D eigenvalue weighted by molar-refractivity contribution is 6.16. The molecule has 0 saturated carbocycles. The lowest BCUT2D eigenvalue weighted by Crippen LogP contribution is -2.23. The van der Waals surface area contributed by atoms with Gasteiger partial charge in [0, 0.05) is 22.0 Å². The van der Waals surface area contributed by atoms with Crippen molar-refractivity contribution in [2.75, 3.05) is 11.5 Å². The molecule has 1 aliphatic heterocycles. The third kappa shape index (κ3) is 3.88. The smallest absolute Gasteiger partial charge is 0.307 e. The Hall–Kier alpha value is -3.54. The fraction of sp³-hybridized carbons (Fsp3) is 0.308. The number of carbonyl (C=O) groups is 2. The molecule has 0 radical (unpaired) electrons. The predicted octanol–water partition coefficient (Wildman–Crippen LogP) is 5.20. The predicted molar refractivity (Wildman–Crippen MR) is 124 cm³/mol. The molecule has 0 bridgehead atoms. The number of carboxylic acids is 1. The molecule has 0 aromatic heterocycles. The number of hydrogen-bond acceptors (Lipinski definition) is 4. The molecule has 1 unspecified atom stereocenters. The van der Waals surface area contributed by atoms with Crippen molar-refractivity contribution >= 4 is 28.3 Å². The van der Waals surface area contributed by atoms with Crippen LogP contribution < -0.4 is 14.4 Å². The molecule has 3 aromatic carbocycles. The number of ether oxygens (including phenoxy) is 2. The first-order valence-electron chi connectivity index (χ1n) is 10.9. The van der Waals surface area contributed by atoms with Crippen LogP contribution in [0.15, 0.2) is 48.5 Å². The summed E-state index contributed by atoms with van der Waals surface area (Å²) in [6, 6.07) is 14.9. The molecule has 1 amide bonds. The minimum absolute atomic E-state index is 0.0439. The van der Waals surface area contributed by atoms with E-state index in [1.165, 1.54) is 0 Å². The maximum absolute atomic E-state index is 13.6. The van der Waals surface area contributed by atoms with E-state index in [0.717, 1.165) is 22.8 Å². The van der Waals surface area contributed by atoms with E-state index >= 15 is 0 Å². The van der Waals surface area contributed by atoms with Crippen molar-refractivity contribution in [2.24, 2.45) is 0 Å². The first-order chi connectivity index (χ1) is 15.4. The lowest BCUT2D eigenvalue weighted by atomic mass is 9.99. The van der Waals surface area contributed by atoms with Gasteiger partial charge in [-0.2, -0.15) is 0 Å². The number of anilines is 1. The van der Waals surface area contributed by atoms with E-state index in [9.17, 15) is 9.59 Å². The number of aliphatic carboxylic acids is 1. The molecule has 0 spiro atoms. The molecular weight excluding hydrogens is 406 g/mol. The highest BCUT2D eigenvalue weighted by Gasteiger charge is 2.37. The van der Waals surface area contributed by atoms with E-state index in [-0.39, 0.29) is 18.4 Å². The van der Waals surface area contributed by atoms with Gasteiger partial charge in [-0.15, -0.1) is 0 Å². The van der Waals surface area contributed by atoms with Crippen molar-refractivity contribution in [3.63, 3.8) is 0 Å². The molecule has 3 aromatic rings. The van der Waals surface area contributed by atoms with Crippen molar-refractivity contribution in [1.29, 1.82) is 0 Å². The Morgan fingerprint density at radius 2 is 1.72 bits per heavy atom. The molecule has 4 rings (SSSR count). The van der Waals surface area contributed by atoms with Gasteiger partial charge in [0.15, 0.2) is 0 Å². The minimum atomic E-state index is -0.887. The monoisotopic (exact) mass is 433 g/mol. The van der Waals surface area contributed by atoms with E-state index in [0.29, 0.717) is 41.5 Å². The Labute approximate surface area is 187 Å². The van der Waals surface area contributed by atoms with E-state index in [2.05, 4.69) is 6.92 Å². The second kappa shape index (κ2) is 8.91. The summed E-state index contributed by atoms with van der Waals surface area (Å²) in [5, 5.41) is 10.8. The van der Waals surface area contributed by atoms with Crippen LogP contribution in [-0.4, -0.2) is 29.7 Å². The summed E-state index contributed by atoms with van der Waals surface area (Å²) >= 11 is 0. The largest absolute Gasteiger partial charge is 0.493 e. The first kappa shape index (κ1) is 21.7. The zero-order valence-electron chi connectivity index (χ0n) is 18.6. The van der Waals surface area contributed by atoms with Crippen LogP contribution in [0, 0.1) is 0 Å². The summed E-state index contributed by atoms with van der Waals surface area (Å²) in [7, 11) is 0. The standard InChI is InChI=1S/C26H27NO5/c1-4-16(3)32-25-20-9-7-6-8-19(20)24(31-5-2)21-15-27(26(30)23(21)25)18-12-10-17(11-13-18)14-22(28)29/h6-13,16H,4-5,14-15H2,1-3H3,(H,28,29). The van der Waals surface area contributed by atoms with Gasteiger partial charge in [-0.3, -0.25) is 9.59 Å². The first-order valence-corrected chi connectivity index (χ1v) is 10.9. The highest BCUT2D eigenvalue weighted by atomic mass is 16.5. The molecular formula is C26H27NO5. The van der Waals surface area contributed by atoms with Gasteiger partial charge in [0.1, 0.15) is 11.5 Å². The summed E-state index contributed by atoms with van der Waals surface area (Å²) < 4.78 is 12.3. The van der Waals surface area contributed by atoms with Crippen LogP contribution in [0.4, 0.5) is 5.69 Å². The highest BCUT2D eigenvalue weighted by Crippen LogP contribution is 2.46. The zero-order valence-corrected chi connectivity index (χ0v) is 18.6. The number of benzene rings is 3. The van der Waals surface area contributed by atoms with Gasteiger partial charge in [-0.05, 0) is 38.0 Å². The van der Waals surface area contributed by atoms with Crippen LogP contribution in [0.25, 0.3) is 10.8 Å². The Balaban J connectivity index is 1.84. The van der Waals surface area contributed by atoms with E-state index in [1.54, 1.807) is 29.2 Å². The molecule has 1 atom stereocenters. The number of hydrogen-bond donors (Lipinski definition) is 1.